The molecule has 0 N–H and O–H groups in total. The van der Waals surface area contributed by atoms with Crippen molar-refractivity contribution in [2.75, 3.05) is 0 Å². The molecule has 1 aromatic heterocycles. The predicted octanol–water partition coefficient (Wildman–Crippen LogP) is 6.18. The van der Waals surface area contributed by atoms with E-state index in [1.54, 1.807) is 0 Å². The van der Waals surface area contributed by atoms with E-state index in [0.29, 0.717) is 12.0 Å². The van der Waals surface area contributed by atoms with Crippen LogP contribution in [0.4, 0.5) is 0 Å². The maximum Gasteiger partial charge on any atom is 0.0675 e. The smallest absolute Gasteiger partial charge is 0.0675 e. The van der Waals surface area contributed by atoms with Crippen molar-refractivity contribution < 1.29 is 21.1 Å². The van der Waals surface area contributed by atoms with Crippen LogP contribution in [0.3, 0.4) is 0 Å². The number of aromatic nitrogens is 2. The Balaban J connectivity index is 0.00000312. The van der Waals surface area contributed by atoms with E-state index in [-0.39, 0.29) is 21.1 Å². The first-order chi connectivity index (χ1) is 11.1. The van der Waals surface area contributed by atoms with Crippen LogP contribution in [0, 0.1) is 47.5 Å². The van der Waals surface area contributed by atoms with Crippen molar-refractivity contribution in [1.29, 1.82) is 0 Å². The SMILES string of the molecule is Cc1nn(C(C)C)c(CC(C)C)c1-c1c(C)c(C)c(C)c(C)c1C.[Pt]. The normalized spacial score (nSPS) is 11.4. The summed E-state index contributed by atoms with van der Waals surface area (Å²) >= 11 is 0. The second-order valence-electron chi connectivity index (χ2n) is 8.04. The van der Waals surface area contributed by atoms with E-state index >= 15 is 0 Å². The van der Waals surface area contributed by atoms with Crippen LogP contribution in [0.2, 0.25) is 0 Å². The summed E-state index contributed by atoms with van der Waals surface area (Å²) in [4.78, 5) is 0. The Kier molecular flexibility index (Phi) is 7.28. The van der Waals surface area contributed by atoms with Crippen LogP contribution in [0.5, 0.6) is 0 Å². The van der Waals surface area contributed by atoms with Gasteiger partial charge in [-0.3, -0.25) is 4.68 Å². The van der Waals surface area contributed by atoms with Crippen LogP contribution in [0.15, 0.2) is 0 Å². The van der Waals surface area contributed by atoms with E-state index in [4.69, 9.17) is 5.10 Å². The molecule has 2 aromatic rings. The van der Waals surface area contributed by atoms with Crippen LogP contribution >= 0.6 is 0 Å². The quantitative estimate of drug-likeness (QED) is 0.470. The Hall–Kier alpha value is -0.882. The molecule has 0 aliphatic rings. The molecular formula is C22H34N2Pt. The molecule has 0 aliphatic heterocycles. The molecule has 0 radical (unpaired) electrons. The van der Waals surface area contributed by atoms with Gasteiger partial charge in [0, 0.05) is 38.4 Å². The Morgan fingerprint density at radius 1 is 0.720 bits per heavy atom. The summed E-state index contributed by atoms with van der Waals surface area (Å²) in [6.45, 7) is 22.5. The maximum atomic E-state index is 4.92. The zero-order valence-electron chi connectivity index (χ0n) is 17.6. The van der Waals surface area contributed by atoms with Gasteiger partial charge in [-0.1, -0.05) is 13.8 Å². The topological polar surface area (TPSA) is 17.8 Å². The van der Waals surface area contributed by atoms with E-state index < -0.39 is 0 Å². The molecule has 3 heteroatoms. The third-order valence-electron chi connectivity index (χ3n) is 5.53. The van der Waals surface area contributed by atoms with Gasteiger partial charge in [0.1, 0.15) is 0 Å². The van der Waals surface area contributed by atoms with Crippen LogP contribution in [-0.4, -0.2) is 9.78 Å². The first-order valence-corrected chi connectivity index (χ1v) is 9.23. The minimum atomic E-state index is 0. The van der Waals surface area contributed by atoms with E-state index in [1.807, 2.05) is 0 Å². The molecule has 142 valence electrons. The van der Waals surface area contributed by atoms with Crippen molar-refractivity contribution in [3.8, 4) is 11.1 Å². The summed E-state index contributed by atoms with van der Waals surface area (Å²) in [5, 5.41) is 4.92. The van der Waals surface area contributed by atoms with Crippen LogP contribution in [0.1, 0.15) is 72.9 Å². The molecule has 1 aromatic carbocycles. The molecule has 0 atom stereocenters. The third-order valence-corrected chi connectivity index (χ3v) is 5.53. The second-order valence-corrected chi connectivity index (χ2v) is 8.04. The van der Waals surface area contributed by atoms with Gasteiger partial charge in [-0.25, -0.2) is 0 Å². The summed E-state index contributed by atoms with van der Waals surface area (Å²) in [6.07, 6.45) is 1.07. The van der Waals surface area contributed by atoms with Crippen LogP contribution in [0.25, 0.3) is 11.1 Å². The summed E-state index contributed by atoms with van der Waals surface area (Å²) in [5.74, 6) is 0.616. The molecular weight excluding hydrogens is 487 g/mol. The molecule has 0 amide bonds. The summed E-state index contributed by atoms with van der Waals surface area (Å²) in [6, 6.07) is 0.388. The van der Waals surface area contributed by atoms with Crippen molar-refractivity contribution in [2.45, 2.75) is 81.7 Å². The average Bonchev–Trinajstić information content (AvgIpc) is 2.80. The molecule has 0 saturated heterocycles. The number of nitrogens with zero attached hydrogens (tertiary/aromatic N) is 2. The van der Waals surface area contributed by atoms with E-state index in [9.17, 15) is 0 Å². The maximum absolute atomic E-state index is 4.92. The fourth-order valence-corrected chi connectivity index (χ4v) is 3.80. The second kappa shape index (κ2) is 8.21. The number of rotatable bonds is 4. The van der Waals surface area contributed by atoms with Crippen molar-refractivity contribution in [2.24, 2.45) is 5.92 Å². The van der Waals surface area contributed by atoms with Gasteiger partial charge in [0.15, 0.2) is 0 Å². The molecule has 2 nitrogen and oxygen atoms in total. The van der Waals surface area contributed by atoms with Gasteiger partial charge in [0.2, 0.25) is 0 Å². The average molecular weight is 522 g/mol. The summed E-state index contributed by atoms with van der Waals surface area (Å²) in [5.41, 5.74) is 12.4. The van der Waals surface area contributed by atoms with Crippen molar-refractivity contribution in [3.05, 3.63) is 39.2 Å². The number of aryl methyl sites for hydroxylation is 1. The van der Waals surface area contributed by atoms with E-state index in [1.165, 1.54) is 44.6 Å². The zero-order chi connectivity index (χ0) is 18.3. The summed E-state index contributed by atoms with van der Waals surface area (Å²) in [7, 11) is 0. The Morgan fingerprint density at radius 2 is 1.16 bits per heavy atom. The fraction of sp³-hybridized carbons (Fsp3) is 0.591. The zero-order valence-corrected chi connectivity index (χ0v) is 19.8. The molecule has 0 aliphatic carbocycles. The largest absolute Gasteiger partial charge is 0.266 e. The Bertz CT molecular complexity index is 738. The van der Waals surface area contributed by atoms with Crippen LogP contribution < -0.4 is 0 Å². The third kappa shape index (κ3) is 3.95. The minimum Gasteiger partial charge on any atom is -0.266 e. The minimum absolute atomic E-state index is 0. The van der Waals surface area contributed by atoms with E-state index in [0.717, 1.165) is 12.1 Å². The van der Waals surface area contributed by atoms with Gasteiger partial charge < -0.3 is 0 Å². The Morgan fingerprint density at radius 3 is 1.56 bits per heavy atom. The van der Waals surface area contributed by atoms with Crippen molar-refractivity contribution >= 4 is 0 Å². The molecule has 0 spiro atoms. The monoisotopic (exact) mass is 521 g/mol. The number of benzene rings is 1. The molecule has 0 bridgehead atoms. The number of hydrogen-bond acceptors (Lipinski definition) is 1. The van der Waals surface area contributed by atoms with Gasteiger partial charge in [-0.15, -0.1) is 0 Å². The standard InChI is InChI=1S/C22H34N2.Pt/c1-12(2)11-20-22(19(10)23-24(20)13(3)4)21-17(8)15(6)14(5)16(7)18(21)9;/h12-13H,11H2,1-10H3;. The van der Waals surface area contributed by atoms with Gasteiger partial charge in [0.05, 0.1) is 5.69 Å². The molecule has 0 unspecified atom stereocenters. The number of hydrogen-bond donors (Lipinski definition) is 0. The predicted molar refractivity (Wildman–Crippen MR) is 105 cm³/mol. The van der Waals surface area contributed by atoms with Crippen molar-refractivity contribution in [3.63, 3.8) is 0 Å². The molecule has 0 fully saturated rings. The van der Waals surface area contributed by atoms with Gasteiger partial charge in [-0.2, -0.15) is 5.10 Å². The van der Waals surface area contributed by atoms with Gasteiger partial charge >= 0.3 is 0 Å². The molecule has 2 rings (SSSR count). The molecule has 1 heterocycles. The molecule has 25 heavy (non-hydrogen) atoms. The van der Waals surface area contributed by atoms with E-state index in [2.05, 4.69) is 73.9 Å². The van der Waals surface area contributed by atoms with Gasteiger partial charge in [0.25, 0.3) is 0 Å². The summed E-state index contributed by atoms with van der Waals surface area (Å²) < 4.78 is 2.24. The first-order valence-electron chi connectivity index (χ1n) is 9.23. The van der Waals surface area contributed by atoms with Crippen molar-refractivity contribution in [1.82, 2.24) is 9.78 Å². The first kappa shape index (κ1) is 22.2. The Labute approximate surface area is 168 Å². The fourth-order valence-electron chi connectivity index (χ4n) is 3.80. The van der Waals surface area contributed by atoms with Crippen LogP contribution in [-0.2, 0) is 27.5 Å². The molecule has 0 saturated carbocycles. The van der Waals surface area contributed by atoms with Gasteiger partial charge in [-0.05, 0) is 101 Å².